The first-order valence-corrected chi connectivity index (χ1v) is 13.3. The van der Waals surface area contributed by atoms with E-state index < -0.39 is 0 Å². The van der Waals surface area contributed by atoms with Crippen LogP contribution >= 0.6 is 0 Å². The molecule has 5 nitrogen and oxygen atoms in total. The summed E-state index contributed by atoms with van der Waals surface area (Å²) < 4.78 is 6.03. The van der Waals surface area contributed by atoms with Gasteiger partial charge in [-0.1, -0.05) is 54.6 Å². The number of allylic oxidation sites excluding steroid dienone is 5. The number of aromatic nitrogens is 3. The summed E-state index contributed by atoms with van der Waals surface area (Å²) in [7, 11) is 0. The highest BCUT2D eigenvalue weighted by molar-refractivity contribution is 5.89. The van der Waals surface area contributed by atoms with Crippen LogP contribution < -0.4 is 4.90 Å². The maximum atomic E-state index is 6.03. The first kappa shape index (κ1) is 23.8. The number of nitrogens with zero attached hydrogens (tertiary/aromatic N) is 4. The molecule has 0 amide bonds. The SMILES string of the molecule is C1=CCc2nc(-c3ccc(-c4ccc(N5CC(c6cccnc6)=CC=C5c5cccnc5)cc4)cc3)oc2C=C1. The quantitative estimate of drug-likeness (QED) is 0.237. The minimum atomic E-state index is 0.657. The van der Waals surface area contributed by atoms with Gasteiger partial charge in [-0.05, 0) is 76.9 Å². The Morgan fingerprint density at radius 3 is 2.10 bits per heavy atom. The first-order valence-electron chi connectivity index (χ1n) is 13.3. The summed E-state index contributed by atoms with van der Waals surface area (Å²) in [6.07, 6.45) is 20.7. The molecular formula is C35H26N4O. The number of oxazole rings is 1. The molecule has 0 saturated carbocycles. The van der Waals surface area contributed by atoms with E-state index in [1.54, 1.807) is 12.4 Å². The summed E-state index contributed by atoms with van der Waals surface area (Å²) in [4.78, 5) is 15.7. The van der Waals surface area contributed by atoms with Crippen LogP contribution in [0.15, 0.2) is 132 Å². The third kappa shape index (κ3) is 4.69. The van der Waals surface area contributed by atoms with Crippen LogP contribution in [-0.4, -0.2) is 21.5 Å². The van der Waals surface area contributed by atoms with Gasteiger partial charge in [-0.25, -0.2) is 4.98 Å². The predicted molar refractivity (Wildman–Crippen MR) is 161 cm³/mol. The van der Waals surface area contributed by atoms with Crippen molar-refractivity contribution in [2.24, 2.45) is 0 Å². The highest BCUT2D eigenvalue weighted by Crippen LogP contribution is 2.34. The van der Waals surface area contributed by atoms with E-state index in [4.69, 9.17) is 9.40 Å². The molecule has 4 heterocycles. The molecule has 0 fully saturated rings. The van der Waals surface area contributed by atoms with Crippen molar-refractivity contribution < 1.29 is 4.42 Å². The average molecular weight is 519 g/mol. The smallest absolute Gasteiger partial charge is 0.226 e. The number of pyridine rings is 2. The van der Waals surface area contributed by atoms with E-state index in [1.807, 2.05) is 42.8 Å². The lowest BCUT2D eigenvalue weighted by Gasteiger charge is -2.31. The Bertz CT molecular complexity index is 1760. The van der Waals surface area contributed by atoms with E-state index >= 15 is 0 Å². The van der Waals surface area contributed by atoms with Gasteiger partial charge in [0.25, 0.3) is 0 Å². The van der Waals surface area contributed by atoms with E-state index in [0.717, 1.165) is 63.6 Å². The summed E-state index contributed by atoms with van der Waals surface area (Å²) in [5.41, 5.74) is 9.90. The van der Waals surface area contributed by atoms with Gasteiger partial charge in [-0.15, -0.1) is 0 Å². The molecule has 0 N–H and O–H groups in total. The van der Waals surface area contributed by atoms with Crippen LogP contribution in [0.1, 0.15) is 22.6 Å². The maximum Gasteiger partial charge on any atom is 0.226 e. The molecule has 0 atom stereocenters. The van der Waals surface area contributed by atoms with Crippen molar-refractivity contribution in [3.8, 4) is 22.6 Å². The van der Waals surface area contributed by atoms with Gasteiger partial charge in [0, 0.05) is 54.6 Å². The van der Waals surface area contributed by atoms with Crippen molar-refractivity contribution in [3.05, 3.63) is 151 Å². The van der Waals surface area contributed by atoms with Crippen molar-refractivity contribution in [1.82, 2.24) is 15.0 Å². The molecule has 0 spiro atoms. The third-order valence-electron chi connectivity index (χ3n) is 7.23. The number of fused-ring (bicyclic) bond motifs is 1. The van der Waals surface area contributed by atoms with Crippen LogP contribution in [0.25, 0.3) is 39.9 Å². The standard InChI is InChI=1S/C35H26N4O/c1-2-8-32-34(9-3-1)40-35(38-32)27-12-10-25(11-13-27)26-14-17-31(18-15-26)39-24-30(28-6-4-20-36-22-28)16-19-33(39)29-7-5-21-37-23-29/h1-7,9-23H,8,24H2. The Labute approximate surface area is 233 Å². The highest BCUT2D eigenvalue weighted by Gasteiger charge is 2.20. The van der Waals surface area contributed by atoms with Gasteiger partial charge in [0.15, 0.2) is 5.76 Å². The van der Waals surface area contributed by atoms with E-state index in [0.29, 0.717) is 5.89 Å². The van der Waals surface area contributed by atoms with Gasteiger partial charge in [0.1, 0.15) is 0 Å². The van der Waals surface area contributed by atoms with Gasteiger partial charge >= 0.3 is 0 Å². The second-order valence-corrected chi connectivity index (χ2v) is 9.76. The average Bonchev–Trinajstić information content (AvgIpc) is 3.31. The van der Waals surface area contributed by atoms with E-state index in [9.17, 15) is 0 Å². The molecule has 0 radical (unpaired) electrons. The maximum absolute atomic E-state index is 6.03. The molecule has 0 saturated heterocycles. The van der Waals surface area contributed by atoms with Crippen molar-refractivity contribution in [2.75, 3.05) is 11.4 Å². The molecule has 3 aromatic heterocycles. The van der Waals surface area contributed by atoms with E-state index in [-0.39, 0.29) is 0 Å². The second-order valence-electron chi connectivity index (χ2n) is 9.76. The molecule has 2 aliphatic rings. The van der Waals surface area contributed by atoms with Crippen LogP contribution in [-0.2, 0) is 6.42 Å². The molecule has 5 aromatic rings. The fraction of sp³-hybridized carbons (Fsp3) is 0.0571. The summed E-state index contributed by atoms with van der Waals surface area (Å²) in [5, 5.41) is 0. The second kappa shape index (κ2) is 10.5. The predicted octanol–water partition coefficient (Wildman–Crippen LogP) is 7.87. The molecule has 2 aromatic carbocycles. The van der Waals surface area contributed by atoms with Gasteiger partial charge in [-0.2, -0.15) is 0 Å². The van der Waals surface area contributed by atoms with Crippen LogP contribution in [0.3, 0.4) is 0 Å². The molecule has 1 aliphatic carbocycles. The molecule has 192 valence electrons. The number of anilines is 1. The lowest BCUT2D eigenvalue weighted by molar-refractivity contribution is 0.563. The van der Waals surface area contributed by atoms with Crippen LogP contribution in [0.4, 0.5) is 5.69 Å². The van der Waals surface area contributed by atoms with Gasteiger partial charge < -0.3 is 9.32 Å². The van der Waals surface area contributed by atoms with Crippen molar-refractivity contribution in [1.29, 1.82) is 0 Å². The summed E-state index contributed by atoms with van der Waals surface area (Å²) in [6, 6.07) is 25.3. The Morgan fingerprint density at radius 1 is 0.675 bits per heavy atom. The number of benzene rings is 2. The monoisotopic (exact) mass is 518 g/mol. The minimum absolute atomic E-state index is 0.657. The lowest BCUT2D eigenvalue weighted by Crippen LogP contribution is -2.26. The molecule has 7 rings (SSSR count). The van der Waals surface area contributed by atoms with E-state index in [1.165, 1.54) is 5.57 Å². The Balaban J connectivity index is 1.15. The topological polar surface area (TPSA) is 55.1 Å². The number of rotatable bonds is 5. The summed E-state index contributed by atoms with van der Waals surface area (Å²) in [5.74, 6) is 1.49. The first-order chi connectivity index (χ1) is 19.8. The zero-order chi connectivity index (χ0) is 26.7. The highest BCUT2D eigenvalue weighted by atomic mass is 16.4. The van der Waals surface area contributed by atoms with Gasteiger partial charge in [0.05, 0.1) is 11.4 Å². The Morgan fingerprint density at radius 2 is 1.38 bits per heavy atom. The molecule has 0 unspecified atom stereocenters. The lowest BCUT2D eigenvalue weighted by atomic mass is 9.99. The number of hydrogen-bond donors (Lipinski definition) is 0. The Kier molecular flexibility index (Phi) is 6.23. The number of hydrogen-bond acceptors (Lipinski definition) is 5. The normalized spacial score (nSPS) is 14.3. The van der Waals surface area contributed by atoms with Crippen LogP contribution in [0.5, 0.6) is 0 Å². The van der Waals surface area contributed by atoms with Crippen molar-refractivity contribution in [3.63, 3.8) is 0 Å². The van der Waals surface area contributed by atoms with Crippen molar-refractivity contribution >= 4 is 23.0 Å². The van der Waals surface area contributed by atoms with Gasteiger partial charge in [-0.3, -0.25) is 9.97 Å². The molecule has 5 heteroatoms. The zero-order valence-corrected chi connectivity index (χ0v) is 21.8. The largest absolute Gasteiger partial charge is 0.436 e. The fourth-order valence-corrected chi connectivity index (χ4v) is 5.12. The molecule has 0 bridgehead atoms. The minimum Gasteiger partial charge on any atom is -0.436 e. The van der Waals surface area contributed by atoms with Crippen LogP contribution in [0.2, 0.25) is 0 Å². The van der Waals surface area contributed by atoms with Gasteiger partial charge in [0.2, 0.25) is 5.89 Å². The fourth-order valence-electron chi connectivity index (χ4n) is 5.12. The Hall–Kier alpha value is -5.29. The van der Waals surface area contributed by atoms with Crippen LogP contribution in [0, 0.1) is 0 Å². The van der Waals surface area contributed by atoms with E-state index in [2.05, 4.69) is 93.8 Å². The third-order valence-corrected chi connectivity index (χ3v) is 7.23. The summed E-state index contributed by atoms with van der Waals surface area (Å²) >= 11 is 0. The summed E-state index contributed by atoms with van der Waals surface area (Å²) in [6.45, 7) is 0.742. The molecule has 1 aliphatic heterocycles. The zero-order valence-electron chi connectivity index (χ0n) is 21.8. The molecular weight excluding hydrogens is 492 g/mol. The van der Waals surface area contributed by atoms with Crippen molar-refractivity contribution in [2.45, 2.75) is 6.42 Å². The molecule has 40 heavy (non-hydrogen) atoms.